The summed E-state index contributed by atoms with van der Waals surface area (Å²) in [7, 11) is 0. The minimum Gasteiger partial charge on any atom is -0.300 e. The zero-order valence-electron chi connectivity index (χ0n) is 6.93. The molecular formula is C6H8ClF3N2O2. The molecule has 1 fully saturated rings. The van der Waals surface area contributed by atoms with Crippen LogP contribution in [0.15, 0.2) is 0 Å². The van der Waals surface area contributed by atoms with E-state index in [9.17, 15) is 22.8 Å². The van der Waals surface area contributed by atoms with Crippen molar-refractivity contribution in [2.75, 3.05) is 19.6 Å². The summed E-state index contributed by atoms with van der Waals surface area (Å²) >= 11 is 0. The Hall–Kier alpha value is -0.820. The van der Waals surface area contributed by atoms with E-state index in [1.54, 1.807) is 0 Å². The lowest BCUT2D eigenvalue weighted by atomic mass is 10.3. The van der Waals surface area contributed by atoms with Crippen LogP contribution >= 0.6 is 12.4 Å². The van der Waals surface area contributed by atoms with E-state index in [0.29, 0.717) is 0 Å². The van der Waals surface area contributed by atoms with Crippen molar-refractivity contribution in [2.24, 2.45) is 0 Å². The van der Waals surface area contributed by atoms with Crippen molar-refractivity contribution in [1.82, 2.24) is 10.2 Å². The third-order valence-electron chi connectivity index (χ3n) is 1.49. The van der Waals surface area contributed by atoms with Crippen molar-refractivity contribution in [3.05, 3.63) is 0 Å². The fourth-order valence-electron chi connectivity index (χ4n) is 0.962. The van der Waals surface area contributed by atoms with Gasteiger partial charge in [-0.05, 0) is 0 Å². The second-order valence-corrected chi connectivity index (χ2v) is 2.59. The summed E-state index contributed by atoms with van der Waals surface area (Å²) < 4.78 is 35.5. The number of hydrogen-bond acceptors (Lipinski definition) is 3. The van der Waals surface area contributed by atoms with Crippen molar-refractivity contribution in [3.8, 4) is 0 Å². The topological polar surface area (TPSA) is 49.4 Å². The van der Waals surface area contributed by atoms with Crippen molar-refractivity contribution < 1.29 is 22.8 Å². The average Bonchev–Trinajstić information content (AvgIpc) is 1.95. The van der Waals surface area contributed by atoms with E-state index < -0.39 is 24.5 Å². The van der Waals surface area contributed by atoms with Crippen LogP contribution in [0.25, 0.3) is 0 Å². The summed E-state index contributed by atoms with van der Waals surface area (Å²) in [6.45, 7) is -1.93. The highest BCUT2D eigenvalue weighted by Gasteiger charge is 2.37. The van der Waals surface area contributed by atoms with E-state index in [1.165, 1.54) is 0 Å². The largest absolute Gasteiger partial charge is 0.406 e. The number of amides is 2. The number of piperazine rings is 1. The Morgan fingerprint density at radius 1 is 1.21 bits per heavy atom. The van der Waals surface area contributed by atoms with Gasteiger partial charge in [-0.2, -0.15) is 13.2 Å². The lowest BCUT2D eigenvalue weighted by Gasteiger charge is -2.26. The third kappa shape index (κ3) is 3.51. The standard InChI is InChI=1S/C6H7F3N2O2.ClH/c7-6(8,9)3-11-4(12)1-10-2-5(11)13;/h10H,1-3H2;1H. The van der Waals surface area contributed by atoms with Gasteiger partial charge in [-0.3, -0.25) is 19.8 Å². The Kier molecular flexibility index (Phi) is 4.34. The van der Waals surface area contributed by atoms with Gasteiger partial charge in [0.15, 0.2) is 0 Å². The van der Waals surface area contributed by atoms with Gasteiger partial charge in [0, 0.05) is 0 Å². The zero-order chi connectivity index (χ0) is 10.1. The van der Waals surface area contributed by atoms with E-state index in [1.807, 2.05) is 0 Å². The molecule has 4 nitrogen and oxygen atoms in total. The van der Waals surface area contributed by atoms with E-state index in [0.717, 1.165) is 0 Å². The molecule has 2 amide bonds. The van der Waals surface area contributed by atoms with Crippen molar-refractivity contribution in [2.45, 2.75) is 6.18 Å². The molecule has 0 aromatic heterocycles. The van der Waals surface area contributed by atoms with E-state index in [2.05, 4.69) is 5.32 Å². The maximum Gasteiger partial charge on any atom is 0.406 e. The first-order chi connectivity index (χ1) is 5.90. The van der Waals surface area contributed by atoms with Crippen LogP contribution in [0.1, 0.15) is 0 Å². The fraction of sp³-hybridized carbons (Fsp3) is 0.667. The molecule has 0 saturated carbocycles. The first kappa shape index (κ1) is 13.2. The van der Waals surface area contributed by atoms with Gasteiger partial charge in [0.1, 0.15) is 6.54 Å². The highest BCUT2D eigenvalue weighted by Crippen LogP contribution is 2.17. The van der Waals surface area contributed by atoms with Crippen LogP contribution < -0.4 is 5.32 Å². The van der Waals surface area contributed by atoms with Gasteiger partial charge in [0.25, 0.3) is 0 Å². The van der Waals surface area contributed by atoms with Gasteiger partial charge in [-0.15, -0.1) is 12.4 Å². The summed E-state index contributed by atoms with van der Waals surface area (Å²) in [6.07, 6.45) is -4.53. The number of carbonyl (C=O) groups is 2. The molecule has 1 rings (SSSR count). The third-order valence-corrected chi connectivity index (χ3v) is 1.49. The smallest absolute Gasteiger partial charge is 0.300 e. The van der Waals surface area contributed by atoms with Crippen LogP contribution in [0.3, 0.4) is 0 Å². The Bertz CT molecular complexity index is 228. The summed E-state index contributed by atoms with van der Waals surface area (Å²) in [4.78, 5) is 21.9. The van der Waals surface area contributed by atoms with Crippen LogP contribution in [0.2, 0.25) is 0 Å². The molecule has 0 spiro atoms. The number of halogens is 4. The Morgan fingerprint density at radius 2 is 1.64 bits per heavy atom. The van der Waals surface area contributed by atoms with E-state index in [4.69, 9.17) is 0 Å². The van der Waals surface area contributed by atoms with Crippen molar-refractivity contribution in [1.29, 1.82) is 0 Å². The Balaban J connectivity index is 0.00000169. The lowest BCUT2D eigenvalue weighted by Crippen LogP contribution is -2.54. The van der Waals surface area contributed by atoms with Gasteiger partial charge >= 0.3 is 6.18 Å². The molecule has 0 radical (unpaired) electrons. The van der Waals surface area contributed by atoms with Crippen LogP contribution in [-0.4, -0.2) is 42.5 Å². The minimum atomic E-state index is -4.53. The number of imide groups is 1. The van der Waals surface area contributed by atoms with Gasteiger partial charge < -0.3 is 0 Å². The number of nitrogens with zero attached hydrogens (tertiary/aromatic N) is 1. The first-order valence-electron chi connectivity index (χ1n) is 3.51. The maximum absolute atomic E-state index is 11.8. The number of rotatable bonds is 1. The highest BCUT2D eigenvalue weighted by molar-refractivity contribution is 5.99. The maximum atomic E-state index is 11.8. The SMILES string of the molecule is Cl.O=C1CNCC(=O)N1CC(F)(F)F. The predicted molar refractivity (Wildman–Crippen MR) is 42.9 cm³/mol. The molecule has 0 aromatic carbocycles. The van der Waals surface area contributed by atoms with E-state index in [-0.39, 0.29) is 30.4 Å². The molecule has 1 N–H and O–H groups in total. The second-order valence-electron chi connectivity index (χ2n) is 2.59. The number of carbonyl (C=O) groups excluding carboxylic acids is 2. The van der Waals surface area contributed by atoms with Crippen LogP contribution in [-0.2, 0) is 9.59 Å². The molecular weight excluding hydrogens is 225 g/mol. The summed E-state index contributed by atoms with van der Waals surface area (Å²) in [6, 6.07) is 0. The second kappa shape index (κ2) is 4.61. The molecule has 0 bridgehead atoms. The monoisotopic (exact) mass is 232 g/mol. The highest BCUT2D eigenvalue weighted by atomic mass is 35.5. The lowest BCUT2D eigenvalue weighted by molar-refractivity contribution is -0.171. The number of alkyl halides is 3. The minimum absolute atomic E-state index is 0. The molecule has 1 aliphatic rings. The van der Waals surface area contributed by atoms with Gasteiger partial charge in [-0.25, -0.2) is 0 Å². The summed E-state index contributed by atoms with van der Waals surface area (Å²) in [5.74, 6) is -1.68. The molecule has 0 atom stereocenters. The van der Waals surface area contributed by atoms with E-state index >= 15 is 0 Å². The molecule has 14 heavy (non-hydrogen) atoms. The Morgan fingerprint density at radius 3 is 2.00 bits per heavy atom. The molecule has 0 aliphatic carbocycles. The number of nitrogens with one attached hydrogen (secondary N) is 1. The number of hydrogen-bond donors (Lipinski definition) is 1. The first-order valence-corrected chi connectivity index (χ1v) is 3.51. The molecule has 82 valence electrons. The zero-order valence-corrected chi connectivity index (χ0v) is 7.74. The van der Waals surface area contributed by atoms with Crippen molar-refractivity contribution in [3.63, 3.8) is 0 Å². The molecule has 1 saturated heterocycles. The quantitative estimate of drug-likeness (QED) is 0.644. The normalized spacial score (nSPS) is 18.1. The van der Waals surface area contributed by atoms with Crippen molar-refractivity contribution >= 4 is 24.2 Å². The van der Waals surface area contributed by atoms with Gasteiger partial charge in [0.05, 0.1) is 13.1 Å². The molecule has 1 aliphatic heterocycles. The summed E-state index contributed by atoms with van der Waals surface area (Å²) in [5, 5.41) is 2.39. The van der Waals surface area contributed by atoms with Gasteiger partial charge in [-0.1, -0.05) is 0 Å². The van der Waals surface area contributed by atoms with Crippen LogP contribution in [0.4, 0.5) is 13.2 Å². The summed E-state index contributed by atoms with van der Waals surface area (Å²) in [5.41, 5.74) is 0. The van der Waals surface area contributed by atoms with Gasteiger partial charge in [0.2, 0.25) is 11.8 Å². The van der Waals surface area contributed by atoms with Crippen LogP contribution in [0.5, 0.6) is 0 Å². The molecule has 8 heteroatoms. The fourth-order valence-corrected chi connectivity index (χ4v) is 0.962. The Labute approximate surface area is 83.8 Å². The molecule has 0 aromatic rings. The van der Waals surface area contributed by atoms with Crippen LogP contribution in [0, 0.1) is 0 Å². The molecule has 0 unspecified atom stereocenters. The predicted octanol–water partition coefficient (Wildman–Crippen LogP) is -0.0711. The average molecular weight is 233 g/mol. The molecule has 1 heterocycles.